The zero-order valence-corrected chi connectivity index (χ0v) is 14.7. The van der Waals surface area contributed by atoms with E-state index in [9.17, 15) is 5.26 Å². The van der Waals surface area contributed by atoms with Crippen molar-refractivity contribution in [2.75, 3.05) is 13.2 Å². The molecule has 7 nitrogen and oxygen atoms in total. The first-order valence-electron chi connectivity index (χ1n) is 8.90. The molecule has 1 fully saturated rings. The Hall–Kier alpha value is -3.33. The molecule has 0 amide bonds. The first-order chi connectivity index (χ1) is 13.3. The Morgan fingerprint density at radius 1 is 1.30 bits per heavy atom. The van der Waals surface area contributed by atoms with Gasteiger partial charge in [0, 0.05) is 46.8 Å². The number of aromatic nitrogens is 2. The van der Waals surface area contributed by atoms with Gasteiger partial charge < -0.3 is 9.30 Å². The van der Waals surface area contributed by atoms with Gasteiger partial charge in [-0.2, -0.15) is 5.26 Å². The van der Waals surface area contributed by atoms with E-state index in [1.807, 2.05) is 24.3 Å². The molecular weight excluding hydrogens is 340 g/mol. The molecule has 2 aromatic heterocycles. The Balaban J connectivity index is 1.88. The number of benzene rings is 1. The van der Waals surface area contributed by atoms with Crippen LogP contribution >= 0.6 is 0 Å². The number of rotatable bonds is 4. The van der Waals surface area contributed by atoms with E-state index in [1.54, 1.807) is 6.07 Å². The molecule has 0 spiro atoms. The van der Waals surface area contributed by atoms with Gasteiger partial charge in [0.1, 0.15) is 11.8 Å². The summed E-state index contributed by atoms with van der Waals surface area (Å²) in [5.74, 6) is 0. The SMILES string of the molecule is N#Cc1cccc(-c2cn(C3CCOCC3)c3cc(CN=[N+]=[N-])ccc23)n1. The van der Waals surface area contributed by atoms with Crippen LogP contribution < -0.4 is 0 Å². The van der Waals surface area contributed by atoms with E-state index in [1.165, 1.54) is 0 Å². The van der Waals surface area contributed by atoms with E-state index in [0.717, 1.165) is 53.8 Å². The Bertz CT molecular complexity index is 1070. The second kappa shape index (κ2) is 7.50. The molecule has 1 aliphatic rings. The Kier molecular flexibility index (Phi) is 4.75. The number of hydrogen-bond acceptors (Lipinski definition) is 4. The molecule has 3 aromatic rings. The molecule has 0 bridgehead atoms. The van der Waals surface area contributed by atoms with E-state index in [0.29, 0.717) is 18.3 Å². The summed E-state index contributed by atoms with van der Waals surface area (Å²) in [6, 6.07) is 14.0. The first-order valence-corrected chi connectivity index (χ1v) is 8.90. The summed E-state index contributed by atoms with van der Waals surface area (Å²) in [6.07, 6.45) is 4.03. The fraction of sp³-hybridized carbons (Fsp3) is 0.300. The van der Waals surface area contributed by atoms with Crippen molar-refractivity contribution in [2.24, 2.45) is 5.11 Å². The van der Waals surface area contributed by atoms with Gasteiger partial charge in [-0.3, -0.25) is 0 Å². The summed E-state index contributed by atoms with van der Waals surface area (Å²) < 4.78 is 7.80. The summed E-state index contributed by atoms with van der Waals surface area (Å²) in [7, 11) is 0. The van der Waals surface area contributed by atoms with E-state index in [4.69, 9.17) is 10.3 Å². The van der Waals surface area contributed by atoms with E-state index < -0.39 is 0 Å². The number of azide groups is 1. The third kappa shape index (κ3) is 3.36. The molecule has 1 aliphatic heterocycles. The van der Waals surface area contributed by atoms with E-state index >= 15 is 0 Å². The summed E-state index contributed by atoms with van der Waals surface area (Å²) in [5, 5.41) is 13.9. The standard InChI is InChI=1S/C20H18N6O/c21-11-15-2-1-3-19(24-15)18-13-26(16-6-8-27-9-7-16)20-10-14(12-23-25-22)4-5-17(18)20/h1-5,10,13,16H,6-9,12H2. The molecule has 0 saturated carbocycles. The van der Waals surface area contributed by atoms with Crippen molar-refractivity contribution in [3.05, 3.63) is 64.3 Å². The van der Waals surface area contributed by atoms with Crippen LogP contribution in [0.25, 0.3) is 32.6 Å². The van der Waals surface area contributed by atoms with Crippen molar-refractivity contribution in [2.45, 2.75) is 25.4 Å². The van der Waals surface area contributed by atoms with E-state index in [-0.39, 0.29) is 0 Å². The number of ether oxygens (including phenoxy) is 1. The largest absolute Gasteiger partial charge is 0.381 e. The number of pyridine rings is 1. The molecule has 0 aliphatic carbocycles. The molecule has 1 saturated heterocycles. The number of nitrogens with zero attached hydrogens (tertiary/aromatic N) is 6. The number of nitriles is 1. The topological polar surface area (TPSA) is 99.6 Å². The molecule has 0 radical (unpaired) electrons. The molecule has 0 N–H and O–H groups in total. The number of fused-ring (bicyclic) bond motifs is 1. The van der Waals surface area contributed by atoms with Gasteiger partial charge in [0.25, 0.3) is 0 Å². The smallest absolute Gasteiger partial charge is 0.141 e. The van der Waals surface area contributed by atoms with Gasteiger partial charge in [0.15, 0.2) is 0 Å². The maximum absolute atomic E-state index is 9.18. The van der Waals surface area contributed by atoms with Crippen LogP contribution in [0.15, 0.2) is 47.7 Å². The highest BCUT2D eigenvalue weighted by Crippen LogP contribution is 2.35. The van der Waals surface area contributed by atoms with Crippen LogP contribution in [0.2, 0.25) is 0 Å². The molecule has 134 valence electrons. The monoisotopic (exact) mass is 358 g/mol. The summed E-state index contributed by atoms with van der Waals surface area (Å²) >= 11 is 0. The fourth-order valence-electron chi connectivity index (χ4n) is 3.62. The zero-order valence-electron chi connectivity index (χ0n) is 14.7. The normalized spacial score (nSPS) is 14.6. The Morgan fingerprint density at radius 3 is 2.93 bits per heavy atom. The zero-order chi connectivity index (χ0) is 18.6. The minimum Gasteiger partial charge on any atom is -0.381 e. The maximum atomic E-state index is 9.18. The second-order valence-corrected chi connectivity index (χ2v) is 6.55. The molecule has 0 atom stereocenters. The van der Waals surface area contributed by atoms with Gasteiger partial charge in [0.2, 0.25) is 0 Å². The van der Waals surface area contributed by atoms with Crippen LogP contribution in [0.3, 0.4) is 0 Å². The molecular formula is C20H18N6O. The van der Waals surface area contributed by atoms with Crippen LogP contribution in [0, 0.1) is 11.3 Å². The van der Waals surface area contributed by atoms with Crippen LogP contribution in [0.1, 0.15) is 30.1 Å². The lowest BCUT2D eigenvalue weighted by molar-refractivity contribution is 0.0707. The van der Waals surface area contributed by atoms with Crippen molar-refractivity contribution in [3.8, 4) is 17.3 Å². The van der Waals surface area contributed by atoms with Crippen LogP contribution in [-0.4, -0.2) is 22.8 Å². The highest BCUT2D eigenvalue weighted by molar-refractivity contribution is 5.95. The average molecular weight is 358 g/mol. The van der Waals surface area contributed by atoms with Gasteiger partial charge >= 0.3 is 0 Å². The average Bonchev–Trinajstić information content (AvgIpc) is 3.12. The van der Waals surface area contributed by atoms with Crippen molar-refractivity contribution in [3.63, 3.8) is 0 Å². The highest BCUT2D eigenvalue weighted by atomic mass is 16.5. The molecule has 3 heterocycles. The third-order valence-electron chi connectivity index (χ3n) is 4.94. The van der Waals surface area contributed by atoms with Gasteiger partial charge in [0.05, 0.1) is 12.2 Å². The summed E-state index contributed by atoms with van der Waals surface area (Å²) in [6.45, 7) is 1.82. The minimum absolute atomic E-state index is 0.322. The molecule has 4 rings (SSSR count). The maximum Gasteiger partial charge on any atom is 0.141 e. The van der Waals surface area contributed by atoms with E-state index in [2.05, 4.69) is 37.9 Å². The Labute approximate surface area is 156 Å². The van der Waals surface area contributed by atoms with Crippen LogP contribution in [0.5, 0.6) is 0 Å². The number of hydrogen-bond donors (Lipinski definition) is 0. The van der Waals surface area contributed by atoms with Crippen molar-refractivity contribution < 1.29 is 4.74 Å². The van der Waals surface area contributed by atoms with Crippen LogP contribution in [-0.2, 0) is 11.3 Å². The molecule has 27 heavy (non-hydrogen) atoms. The molecule has 0 unspecified atom stereocenters. The minimum atomic E-state index is 0.322. The third-order valence-corrected chi connectivity index (χ3v) is 4.94. The molecule has 7 heteroatoms. The van der Waals surface area contributed by atoms with Gasteiger partial charge in [-0.05, 0) is 42.1 Å². The summed E-state index contributed by atoms with van der Waals surface area (Å²) in [5.41, 5.74) is 12.9. The quantitative estimate of drug-likeness (QED) is 0.382. The van der Waals surface area contributed by atoms with Crippen LogP contribution in [0.4, 0.5) is 0 Å². The van der Waals surface area contributed by atoms with Gasteiger partial charge in [-0.1, -0.05) is 23.3 Å². The van der Waals surface area contributed by atoms with Crippen molar-refractivity contribution >= 4 is 10.9 Å². The lowest BCUT2D eigenvalue weighted by Gasteiger charge is -2.24. The lowest BCUT2D eigenvalue weighted by atomic mass is 10.1. The van der Waals surface area contributed by atoms with Crippen molar-refractivity contribution in [1.29, 1.82) is 5.26 Å². The predicted octanol–water partition coefficient (Wildman–Crippen LogP) is 4.74. The lowest BCUT2D eigenvalue weighted by Crippen LogP contribution is -2.18. The fourth-order valence-corrected chi connectivity index (χ4v) is 3.62. The predicted molar refractivity (Wildman–Crippen MR) is 102 cm³/mol. The van der Waals surface area contributed by atoms with Crippen molar-refractivity contribution in [1.82, 2.24) is 9.55 Å². The highest BCUT2D eigenvalue weighted by Gasteiger charge is 2.20. The second-order valence-electron chi connectivity index (χ2n) is 6.55. The first kappa shape index (κ1) is 17.1. The van der Waals surface area contributed by atoms with Gasteiger partial charge in [-0.15, -0.1) is 0 Å². The Morgan fingerprint density at radius 2 is 2.15 bits per heavy atom. The molecule has 1 aromatic carbocycles. The van der Waals surface area contributed by atoms with Gasteiger partial charge in [-0.25, -0.2) is 4.98 Å². The summed E-state index contributed by atoms with van der Waals surface area (Å²) in [4.78, 5) is 7.33.